The number of para-hydroxylation sites is 1. The standard InChI is InChI=1S/C17H24N2O/c1-12(2)15-7-5-9-19(15)11-17-14(10-18)13-6-3-4-8-16(13)20-17/h3-4,6,8,12,15H,5,7,9-11,18H2,1-2H3. The third-order valence-electron chi connectivity index (χ3n) is 4.52. The Kier molecular flexibility index (Phi) is 3.81. The molecular formula is C17H24N2O. The SMILES string of the molecule is CC(C)C1CCCN1Cc1oc2ccccc2c1CN. The van der Waals surface area contributed by atoms with Crippen molar-refractivity contribution in [2.75, 3.05) is 6.54 Å². The van der Waals surface area contributed by atoms with Crippen LogP contribution in [0.15, 0.2) is 28.7 Å². The molecule has 2 heterocycles. The summed E-state index contributed by atoms with van der Waals surface area (Å²) >= 11 is 0. The number of nitrogens with zero attached hydrogens (tertiary/aromatic N) is 1. The van der Waals surface area contributed by atoms with Gasteiger partial charge in [-0.15, -0.1) is 0 Å². The average Bonchev–Trinajstić information content (AvgIpc) is 3.02. The molecule has 1 aliphatic rings. The van der Waals surface area contributed by atoms with Crippen molar-refractivity contribution >= 4 is 11.0 Å². The Hall–Kier alpha value is -1.32. The van der Waals surface area contributed by atoms with Crippen LogP contribution in [0.1, 0.15) is 38.0 Å². The lowest BCUT2D eigenvalue weighted by molar-refractivity contribution is 0.186. The molecule has 2 N–H and O–H groups in total. The number of rotatable bonds is 4. The lowest BCUT2D eigenvalue weighted by Gasteiger charge is -2.26. The molecule has 3 heteroatoms. The molecule has 1 aromatic heterocycles. The van der Waals surface area contributed by atoms with Gasteiger partial charge in [0, 0.05) is 23.5 Å². The van der Waals surface area contributed by atoms with Crippen LogP contribution in [0.5, 0.6) is 0 Å². The van der Waals surface area contributed by atoms with Crippen LogP contribution in [0.3, 0.4) is 0 Å². The molecule has 2 aromatic rings. The van der Waals surface area contributed by atoms with Gasteiger partial charge in [-0.25, -0.2) is 0 Å². The zero-order valence-corrected chi connectivity index (χ0v) is 12.4. The Balaban J connectivity index is 1.90. The van der Waals surface area contributed by atoms with Crippen molar-refractivity contribution in [3.8, 4) is 0 Å². The molecule has 3 nitrogen and oxygen atoms in total. The van der Waals surface area contributed by atoms with Crippen LogP contribution in [0, 0.1) is 5.92 Å². The summed E-state index contributed by atoms with van der Waals surface area (Å²) < 4.78 is 6.06. The number of likely N-dealkylation sites (tertiary alicyclic amines) is 1. The molecular weight excluding hydrogens is 248 g/mol. The van der Waals surface area contributed by atoms with Crippen LogP contribution in [-0.2, 0) is 13.1 Å². The van der Waals surface area contributed by atoms with Gasteiger partial charge in [0.2, 0.25) is 0 Å². The molecule has 0 amide bonds. The largest absolute Gasteiger partial charge is 0.459 e. The highest BCUT2D eigenvalue weighted by Crippen LogP contribution is 2.30. The average molecular weight is 272 g/mol. The lowest BCUT2D eigenvalue weighted by Crippen LogP contribution is -2.33. The van der Waals surface area contributed by atoms with Crippen LogP contribution in [0.25, 0.3) is 11.0 Å². The first-order valence-corrected chi connectivity index (χ1v) is 7.64. The van der Waals surface area contributed by atoms with Gasteiger partial charge >= 0.3 is 0 Å². The predicted molar refractivity (Wildman–Crippen MR) is 82.4 cm³/mol. The summed E-state index contributed by atoms with van der Waals surface area (Å²) in [7, 11) is 0. The monoisotopic (exact) mass is 272 g/mol. The first-order chi connectivity index (χ1) is 9.70. The van der Waals surface area contributed by atoms with Crippen molar-refractivity contribution in [1.82, 2.24) is 4.90 Å². The summed E-state index contributed by atoms with van der Waals surface area (Å²) in [5.41, 5.74) is 8.09. The van der Waals surface area contributed by atoms with Crippen LogP contribution >= 0.6 is 0 Å². The van der Waals surface area contributed by atoms with Gasteiger partial charge < -0.3 is 10.2 Å². The molecule has 0 saturated carbocycles. The van der Waals surface area contributed by atoms with Crippen LogP contribution < -0.4 is 5.73 Å². The molecule has 1 unspecified atom stereocenters. The highest BCUT2D eigenvalue weighted by molar-refractivity contribution is 5.82. The minimum Gasteiger partial charge on any atom is -0.459 e. The molecule has 1 fully saturated rings. The Bertz CT molecular complexity index is 588. The molecule has 0 radical (unpaired) electrons. The van der Waals surface area contributed by atoms with Gasteiger partial charge in [0.1, 0.15) is 11.3 Å². The first kappa shape index (κ1) is 13.7. The summed E-state index contributed by atoms with van der Waals surface area (Å²) in [4.78, 5) is 2.56. The summed E-state index contributed by atoms with van der Waals surface area (Å²) in [5.74, 6) is 1.75. The molecule has 108 valence electrons. The van der Waals surface area contributed by atoms with Gasteiger partial charge in [0.25, 0.3) is 0 Å². The van der Waals surface area contributed by atoms with E-state index in [-0.39, 0.29) is 0 Å². The number of hydrogen-bond donors (Lipinski definition) is 1. The lowest BCUT2D eigenvalue weighted by atomic mass is 10.0. The van der Waals surface area contributed by atoms with Crippen LogP contribution in [-0.4, -0.2) is 17.5 Å². The van der Waals surface area contributed by atoms with E-state index in [1.54, 1.807) is 0 Å². The maximum Gasteiger partial charge on any atom is 0.134 e. The predicted octanol–water partition coefficient (Wildman–Crippen LogP) is 3.51. The second kappa shape index (κ2) is 5.58. The summed E-state index contributed by atoms with van der Waals surface area (Å²) in [6, 6.07) is 8.88. The Morgan fingerprint density at radius 1 is 1.35 bits per heavy atom. The van der Waals surface area contributed by atoms with Gasteiger partial charge in [0.15, 0.2) is 0 Å². The summed E-state index contributed by atoms with van der Waals surface area (Å²) in [6.45, 7) is 7.23. The zero-order valence-electron chi connectivity index (χ0n) is 12.4. The van der Waals surface area contributed by atoms with E-state index >= 15 is 0 Å². The van der Waals surface area contributed by atoms with Gasteiger partial charge in [-0.3, -0.25) is 4.90 Å². The smallest absolute Gasteiger partial charge is 0.134 e. The number of benzene rings is 1. The third-order valence-corrected chi connectivity index (χ3v) is 4.52. The quantitative estimate of drug-likeness (QED) is 0.926. The topological polar surface area (TPSA) is 42.4 Å². The highest BCUT2D eigenvalue weighted by atomic mass is 16.3. The molecule has 1 saturated heterocycles. The fraction of sp³-hybridized carbons (Fsp3) is 0.529. The van der Waals surface area contributed by atoms with Crippen LogP contribution in [0.2, 0.25) is 0 Å². The van der Waals surface area contributed by atoms with E-state index in [2.05, 4.69) is 24.8 Å². The van der Waals surface area contributed by atoms with E-state index in [4.69, 9.17) is 10.2 Å². The maximum atomic E-state index is 6.06. The van der Waals surface area contributed by atoms with Crippen molar-refractivity contribution in [3.05, 3.63) is 35.6 Å². The number of furan rings is 1. The van der Waals surface area contributed by atoms with Crippen molar-refractivity contribution < 1.29 is 4.42 Å². The molecule has 20 heavy (non-hydrogen) atoms. The van der Waals surface area contributed by atoms with Gasteiger partial charge in [-0.2, -0.15) is 0 Å². The molecule has 1 aliphatic heterocycles. The van der Waals surface area contributed by atoms with Gasteiger partial charge in [0.05, 0.1) is 6.54 Å². The van der Waals surface area contributed by atoms with E-state index in [0.29, 0.717) is 18.5 Å². The fourth-order valence-corrected chi connectivity index (χ4v) is 3.49. The first-order valence-electron chi connectivity index (χ1n) is 7.64. The maximum absolute atomic E-state index is 6.06. The normalized spacial score (nSPS) is 20.3. The Morgan fingerprint density at radius 2 is 2.15 bits per heavy atom. The van der Waals surface area contributed by atoms with E-state index < -0.39 is 0 Å². The van der Waals surface area contributed by atoms with E-state index in [0.717, 1.165) is 17.9 Å². The molecule has 0 aliphatic carbocycles. The van der Waals surface area contributed by atoms with Gasteiger partial charge in [-0.1, -0.05) is 32.0 Å². The van der Waals surface area contributed by atoms with Crippen molar-refractivity contribution in [2.45, 2.75) is 45.8 Å². The zero-order chi connectivity index (χ0) is 14.1. The van der Waals surface area contributed by atoms with Gasteiger partial charge in [-0.05, 0) is 31.4 Å². The van der Waals surface area contributed by atoms with E-state index in [9.17, 15) is 0 Å². The minimum absolute atomic E-state index is 0.548. The second-order valence-electron chi connectivity index (χ2n) is 6.13. The molecule has 1 aromatic carbocycles. The third kappa shape index (κ3) is 2.36. The molecule has 3 rings (SSSR count). The number of fused-ring (bicyclic) bond motifs is 1. The summed E-state index contributed by atoms with van der Waals surface area (Å²) in [6.07, 6.45) is 2.59. The van der Waals surface area contributed by atoms with E-state index in [1.165, 1.54) is 30.3 Å². The van der Waals surface area contributed by atoms with E-state index in [1.807, 2.05) is 18.2 Å². The van der Waals surface area contributed by atoms with Crippen molar-refractivity contribution in [1.29, 1.82) is 0 Å². The summed E-state index contributed by atoms with van der Waals surface area (Å²) in [5, 5.41) is 1.17. The molecule has 0 spiro atoms. The fourth-order valence-electron chi connectivity index (χ4n) is 3.49. The Labute approximate surface area is 120 Å². The second-order valence-corrected chi connectivity index (χ2v) is 6.13. The van der Waals surface area contributed by atoms with Crippen molar-refractivity contribution in [3.63, 3.8) is 0 Å². The minimum atomic E-state index is 0.548. The highest BCUT2D eigenvalue weighted by Gasteiger charge is 2.28. The van der Waals surface area contributed by atoms with Crippen molar-refractivity contribution in [2.24, 2.45) is 11.7 Å². The number of nitrogens with two attached hydrogens (primary N) is 1. The van der Waals surface area contributed by atoms with Crippen LogP contribution in [0.4, 0.5) is 0 Å². The molecule has 1 atom stereocenters. The number of hydrogen-bond acceptors (Lipinski definition) is 3. The molecule has 0 bridgehead atoms. The Morgan fingerprint density at radius 3 is 2.90 bits per heavy atom.